The Morgan fingerprint density at radius 1 is 1.03 bits per heavy atom. The first-order valence-corrected chi connectivity index (χ1v) is 9.97. The van der Waals surface area contributed by atoms with E-state index in [0.717, 1.165) is 15.9 Å². The largest absolute Gasteiger partial charge is 0.439 e. The standard InChI is InChI=1S/C22H18BrN5O2/c1-14-15(2)28(13-26-14)20-11-21(25-12-24-20)30-19-8-6-18(7-9-19)27-22(29)16-4-3-5-17(23)10-16/h3-13H,1-2H3,(H,27,29). The summed E-state index contributed by atoms with van der Waals surface area (Å²) in [5, 5.41) is 2.86. The summed E-state index contributed by atoms with van der Waals surface area (Å²) in [6, 6.07) is 16.0. The van der Waals surface area contributed by atoms with Gasteiger partial charge < -0.3 is 10.1 Å². The van der Waals surface area contributed by atoms with Crippen LogP contribution in [0.5, 0.6) is 11.6 Å². The molecule has 0 radical (unpaired) electrons. The van der Waals surface area contributed by atoms with Crippen LogP contribution in [0.3, 0.4) is 0 Å². The van der Waals surface area contributed by atoms with Gasteiger partial charge in [0, 0.05) is 27.5 Å². The second-order valence-corrected chi connectivity index (χ2v) is 7.51. The van der Waals surface area contributed by atoms with Crippen molar-refractivity contribution in [2.24, 2.45) is 0 Å². The van der Waals surface area contributed by atoms with Gasteiger partial charge in [-0.25, -0.2) is 15.0 Å². The molecule has 2 heterocycles. The van der Waals surface area contributed by atoms with Crippen molar-refractivity contribution < 1.29 is 9.53 Å². The van der Waals surface area contributed by atoms with Crippen LogP contribution in [0.2, 0.25) is 0 Å². The molecule has 1 N–H and O–H groups in total. The van der Waals surface area contributed by atoms with Crippen molar-refractivity contribution in [1.29, 1.82) is 0 Å². The molecule has 0 bridgehead atoms. The fraction of sp³-hybridized carbons (Fsp3) is 0.0909. The Bertz CT molecular complexity index is 1200. The summed E-state index contributed by atoms with van der Waals surface area (Å²) in [6.07, 6.45) is 3.17. The van der Waals surface area contributed by atoms with Crippen molar-refractivity contribution in [3.63, 3.8) is 0 Å². The SMILES string of the molecule is Cc1ncn(-c2cc(Oc3ccc(NC(=O)c4cccc(Br)c4)cc3)ncn2)c1C. The Balaban J connectivity index is 1.46. The highest BCUT2D eigenvalue weighted by Crippen LogP contribution is 2.23. The van der Waals surface area contributed by atoms with Gasteiger partial charge in [0.15, 0.2) is 0 Å². The molecule has 0 fully saturated rings. The summed E-state index contributed by atoms with van der Waals surface area (Å²) in [5.74, 6) is 1.50. The quantitative estimate of drug-likeness (QED) is 0.445. The first kappa shape index (κ1) is 19.8. The molecule has 0 aliphatic heterocycles. The van der Waals surface area contributed by atoms with Gasteiger partial charge >= 0.3 is 0 Å². The van der Waals surface area contributed by atoms with E-state index < -0.39 is 0 Å². The smallest absolute Gasteiger partial charge is 0.255 e. The number of carbonyl (C=O) groups is 1. The van der Waals surface area contributed by atoms with Gasteiger partial charge in [-0.15, -0.1) is 0 Å². The fourth-order valence-electron chi connectivity index (χ4n) is 2.81. The Morgan fingerprint density at radius 3 is 2.53 bits per heavy atom. The summed E-state index contributed by atoms with van der Waals surface area (Å²) in [6.45, 7) is 3.92. The van der Waals surface area contributed by atoms with Crippen LogP contribution >= 0.6 is 15.9 Å². The molecule has 2 aromatic heterocycles. The van der Waals surface area contributed by atoms with Gasteiger partial charge in [0.1, 0.15) is 24.2 Å². The minimum Gasteiger partial charge on any atom is -0.439 e. The maximum absolute atomic E-state index is 12.4. The summed E-state index contributed by atoms with van der Waals surface area (Å²) in [7, 11) is 0. The van der Waals surface area contributed by atoms with E-state index in [1.54, 1.807) is 48.8 Å². The zero-order chi connectivity index (χ0) is 21.1. The number of hydrogen-bond acceptors (Lipinski definition) is 5. The zero-order valence-electron chi connectivity index (χ0n) is 16.3. The molecule has 150 valence electrons. The van der Waals surface area contributed by atoms with E-state index in [0.29, 0.717) is 28.7 Å². The number of nitrogens with zero attached hydrogens (tertiary/aromatic N) is 4. The third kappa shape index (κ3) is 4.38. The number of carbonyl (C=O) groups excluding carboxylic acids is 1. The molecule has 0 aliphatic carbocycles. The maximum atomic E-state index is 12.4. The highest BCUT2D eigenvalue weighted by Gasteiger charge is 2.09. The third-order valence-corrected chi connectivity index (χ3v) is 5.04. The number of anilines is 1. The number of imidazole rings is 1. The number of halogens is 1. The molecule has 4 rings (SSSR count). The van der Waals surface area contributed by atoms with E-state index >= 15 is 0 Å². The molecule has 0 atom stereocenters. The van der Waals surface area contributed by atoms with E-state index in [-0.39, 0.29) is 5.91 Å². The number of benzene rings is 2. The maximum Gasteiger partial charge on any atom is 0.255 e. The topological polar surface area (TPSA) is 81.9 Å². The van der Waals surface area contributed by atoms with Crippen LogP contribution in [0.1, 0.15) is 21.7 Å². The molecule has 1 amide bonds. The lowest BCUT2D eigenvalue weighted by Crippen LogP contribution is -2.11. The van der Waals surface area contributed by atoms with E-state index in [2.05, 4.69) is 36.2 Å². The summed E-state index contributed by atoms with van der Waals surface area (Å²) in [5.41, 5.74) is 3.19. The van der Waals surface area contributed by atoms with Crippen LogP contribution in [0.4, 0.5) is 5.69 Å². The average Bonchev–Trinajstić information content (AvgIpc) is 3.08. The molecule has 2 aromatic carbocycles. The number of rotatable bonds is 5. The highest BCUT2D eigenvalue weighted by molar-refractivity contribution is 9.10. The summed E-state index contributed by atoms with van der Waals surface area (Å²) in [4.78, 5) is 25.1. The average molecular weight is 464 g/mol. The van der Waals surface area contributed by atoms with E-state index in [1.165, 1.54) is 6.33 Å². The predicted octanol–water partition coefficient (Wildman–Crippen LogP) is 5.09. The second-order valence-electron chi connectivity index (χ2n) is 6.59. The minimum atomic E-state index is -0.184. The van der Waals surface area contributed by atoms with Gasteiger partial charge in [0.25, 0.3) is 5.91 Å². The van der Waals surface area contributed by atoms with E-state index in [1.807, 2.05) is 30.5 Å². The Labute approximate surface area is 181 Å². The Kier molecular flexibility index (Phi) is 5.58. The second kappa shape index (κ2) is 8.46. The number of hydrogen-bond donors (Lipinski definition) is 1. The number of aryl methyl sites for hydroxylation is 1. The zero-order valence-corrected chi connectivity index (χ0v) is 17.9. The van der Waals surface area contributed by atoms with Gasteiger partial charge in [0.05, 0.1) is 5.69 Å². The lowest BCUT2D eigenvalue weighted by molar-refractivity contribution is 0.102. The van der Waals surface area contributed by atoms with Crippen molar-refractivity contribution in [3.8, 4) is 17.4 Å². The number of amides is 1. The van der Waals surface area contributed by atoms with Gasteiger partial charge in [0.2, 0.25) is 5.88 Å². The van der Waals surface area contributed by atoms with Crippen LogP contribution in [0, 0.1) is 13.8 Å². The van der Waals surface area contributed by atoms with Crippen LogP contribution < -0.4 is 10.1 Å². The molecule has 0 unspecified atom stereocenters. The highest BCUT2D eigenvalue weighted by atomic mass is 79.9. The molecule has 8 heteroatoms. The van der Waals surface area contributed by atoms with Crippen molar-refractivity contribution in [3.05, 3.63) is 88.7 Å². The van der Waals surface area contributed by atoms with Gasteiger partial charge in [-0.05, 0) is 56.3 Å². The minimum absolute atomic E-state index is 0.184. The monoisotopic (exact) mass is 463 g/mol. The van der Waals surface area contributed by atoms with Crippen molar-refractivity contribution in [1.82, 2.24) is 19.5 Å². The van der Waals surface area contributed by atoms with Crippen LogP contribution in [0.15, 0.2) is 71.7 Å². The van der Waals surface area contributed by atoms with Crippen LogP contribution in [0.25, 0.3) is 5.82 Å². The normalized spacial score (nSPS) is 10.6. The van der Waals surface area contributed by atoms with Gasteiger partial charge in [-0.3, -0.25) is 9.36 Å². The third-order valence-electron chi connectivity index (χ3n) is 4.55. The van der Waals surface area contributed by atoms with Crippen molar-refractivity contribution in [2.45, 2.75) is 13.8 Å². The first-order chi connectivity index (χ1) is 14.5. The van der Waals surface area contributed by atoms with Gasteiger partial charge in [-0.2, -0.15) is 0 Å². The summed E-state index contributed by atoms with van der Waals surface area (Å²) >= 11 is 3.37. The van der Waals surface area contributed by atoms with Crippen LogP contribution in [-0.2, 0) is 0 Å². The van der Waals surface area contributed by atoms with E-state index in [4.69, 9.17) is 4.74 Å². The molecule has 4 aromatic rings. The fourth-order valence-corrected chi connectivity index (χ4v) is 3.21. The number of nitrogens with one attached hydrogen (secondary N) is 1. The predicted molar refractivity (Wildman–Crippen MR) is 117 cm³/mol. The first-order valence-electron chi connectivity index (χ1n) is 9.17. The summed E-state index contributed by atoms with van der Waals surface area (Å²) < 4.78 is 8.57. The van der Waals surface area contributed by atoms with E-state index in [9.17, 15) is 4.79 Å². The van der Waals surface area contributed by atoms with Crippen LogP contribution in [-0.4, -0.2) is 25.4 Å². The Hall–Kier alpha value is -3.52. The lowest BCUT2D eigenvalue weighted by Gasteiger charge is -2.09. The molecule has 0 saturated heterocycles. The van der Waals surface area contributed by atoms with Crippen molar-refractivity contribution in [2.75, 3.05) is 5.32 Å². The lowest BCUT2D eigenvalue weighted by atomic mass is 10.2. The molecule has 0 saturated carbocycles. The molecular weight excluding hydrogens is 446 g/mol. The molecule has 30 heavy (non-hydrogen) atoms. The number of aromatic nitrogens is 4. The number of ether oxygens (including phenoxy) is 1. The molecular formula is C22H18BrN5O2. The van der Waals surface area contributed by atoms with Gasteiger partial charge in [-0.1, -0.05) is 22.0 Å². The molecule has 0 spiro atoms. The molecule has 0 aliphatic rings. The molecule has 7 nitrogen and oxygen atoms in total. The van der Waals surface area contributed by atoms with Crippen molar-refractivity contribution >= 4 is 27.5 Å². The Morgan fingerprint density at radius 2 is 1.83 bits per heavy atom.